The maximum Gasteiger partial charge on any atom is 0.317 e. The second-order valence-electron chi connectivity index (χ2n) is 7.56. The van der Waals surface area contributed by atoms with Gasteiger partial charge < -0.3 is 20.9 Å². The van der Waals surface area contributed by atoms with Crippen LogP contribution in [0.4, 0.5) is 14.0 Å². The zero-order valence-corrected chi connectivity index (χ0v) is 16.4. The summed E-state index contributed by atoms with van der Waals surface area (Å²) in [7, 11) is 0. The molecule has 7 nitrogen and oxygen atoms in total. The molecule has 2 aliphatic rings. The molecule has 28 heavy (non-hydrogen) atoms. The summed E-state index contributed by atoms with van der Waals surface area (Å²) < 4.78 is 13.0. The second-order valence-corrected chi connectivity index (χ2v) is 7.56. The smallest absolute Gasteiger partial charge is 0.317 e. The van der Waals surface area contributed by atoms with Gasteiger partial charge in [0, 0.05) is 51.4 Å². The Balaban J connectivity index is 1.35. The van der Waals surface area contributed by atoms with Gasteiger partial charge in [0.2, 0.25) is 0 Å². The van der Waals surface area contributed by atoms with Gasteiger partial charge in [0.25, 0.3) is 0 Å². The summed E-state index contributed by atoms with van der Waals surface area (Å²) in [5.74, 6) is -0.214. The van der Waals surface area contributed by atoms with E-state index in [0.717, 1.165) is 44.5 Å². The Bertz CT molecular complexity index is 661. The van der Waals surface area contributed by atoms with Gasteiger partial charge in [0.15, 0.2) is 0 Å². The van der Waals surface area contributed by atoms with E-state index in [1.165, 1.54) is 12.1 Å². The second kappa shape index (κ2) is 9.73. The number of nitrogens with zero attached hydrogens (tertiary/aromatic N) is 2. The number of carbonyl (C=O) groups is 2. The van der Waals surface area contributed by atoms with Crippen molar-refractivity contribution in [1.82, 2.24) is 25.8 Å². The van der Waals surface area contributed by atoms with Crippen LogP contribution in [0.5, 0.6) is 0 Å². The fourth-order valence-corrected chi connectivity index (χ4v) is 3.82. The molecule has 1 atom stereocenters. The third kappa shape index (κ3) is 5.82. The first-order valence-electron chi connectivity index (χ1n) is 10.1. The molecule has 0 radical (unpaired) electrons. The van der Waals surface area contributed by atoms with Gasteiger partial charge in [-0.3, -0.25) is 4.90 Å². The van der Waals surface area contributed by atoms with E-state index in [2.05, 4.69) is 20.9 Å². The van der Waals surface area contributed by atoms with Crippen LogP contribution in [0.15, 0.2) is 24.3 Å². The van der Waals surface area contributed by atoms with Crippen LogP contribution in [0, 0.1) is 5.82 Å². The predicted molar refractivity (Wildman–Crippen MR) is 105 cm³/mol. The summed E-state index contributed by atoms with van der Waals surface area (Å²) in [5.41, 5.74) is 1.10. The van der Waals surface area contributed by atoms with Crippen molar-refractivity contribution in [2.75, 3.05) is 32.7 Å². The highest BCUT2D eigenvalue weighted by Gasteiger charge is 2.28. The molecule has 0 bridgehead atoms. The number of amides is 4. The first-order chi connectivity index (χ1) is 13.5. The highest BCUT2D eigenvalue weighted by molar-refractivity contribution is 5.76. The quantitative estimate of drug-likeness (QED) is 0.717. The van der Waals surface area contributed by atoms with Crippen molar-refractivity contribution < 1.29 is 14.0 Å². The number of piperidine rings is 1. The van der Waals surface area contributed by atoms with Gasteiger partial charge in [-0.15, -0.1) is 0 Å². The third-order valence-corrected chi connectivity index (χ3v) is 5.38. The van der Waals surface area contributed by atoms with E-state index in [-0.39, 0.29) is 30.0 Å². The van der Waals surface area contributed by atoms with E-state index in [4.69, 9.17) is 0 Å². The lowest BCUT2D eigenvalue weighted by Crippen LogP contribution is -2.50. The van der Waals surface area contributed by atoms with Crippen molar-refractivity contribution in [3.05, 3.63) is 35.6 Å². The number of benzene rings is 1. The minimum atomic E-state index is -0.214. The Kier molecular flexibility index (Phi) is 7.08. The maximum absolute atomic E-state index is 13.0. The summed E-state index contributed by atoms with van der Waals surface area (Å²) in [6.45, 7) is 6.31. The minimum absolute atomic E-state index is 0.00108. The third-order valence-electron chi connectivity index (χ3n) is 5.38. The average Bonchev–Trinajstić information content (AvgIpc) is 3.14. The van der Waals surface area contributed by atoms with Gasteiger partial charge in [-0.25, -0.2) is 14.0 Å². The molecule has 154 valence electrons. The Hall–Kier alpha value is -2.35. The molecule has 3 rings (SSSR count). The van der Waals surface area contributed by atoms with Gasteiger partial charge in [-0.1, -0.05) is 12.1 Å². The van der Waals surface area contributed by atoms with E-state index < -0.39 is 0 Å². The van der Waals surface area contributed by atoms with E-state index >= 15 is 0 Å². The van der Waals surface area contributed by atoms with Crippen molar-refractivity contribution in [3.63, 3.8) is 0 Å². The van der Waals surface area contributed by atoms with Crippen molar-refractivity contribution in [2.45, 2.75) is 44.8 Å². The van der Waals surface area contributed by atoms with Crippen LogP contribution in [0.3, 0.4) is 0 Å². The monoisotopic (exact) mass is 391 g/mol. The van der Waals surface area contributed by atoms with Crippen LogP contribution < -0.4 is 16.0 Å². The van der Waals surface area contributed by atoms with E-state index in [9.17, 15) is 14.0 Å². The van der Waals surface area contributed by atoms with Crippen LogP contribution in [0.2, 0.25) is 0 Å². The molecular formula is C20H30FN5O2. The lowest BCUT2D eigenvalue weighted by molar-refractivity contribution is 0.185. The zero-order chi connectivity index (χ0) is 19.9. The molecule has 0 saturated carbocycles. The molecule has 1 aromatic carbocycles. The number of nitrogens with one attached hydrogen (secondary N) is 3. The number of rotatable bonds is 5. The SMILES string of the molecule is CCNC(=O)N1CCC(NC(=O)NC2CCN(Cc3ccc(F)cc3)CC2)C1. The molecular weight excluding hydrogens is 361 g/mol. The summed E-state index contributed by atoms with van der Waals surface area (Å²) in [6.07, 6.45) is 2.56. The van der Waals surface area contributed by atoms with Gasteiger partial charge in [-0.2, -0.15) is 0 Å². The average molecular weight is 391 g/mol. The van der Waals surface area contributed by atoms with Crippen molar-refractivity contribution in [1.29, 1.82) is 0 Å². The molecule has 0 aromatic heterocycles. The van der Waals surface area contributed by atoms with E-state index in [0.29, 0.717) is 19.6 Å². The molecule has 1 unspecified atom stereocenters. The minimum Gasteiger partial charge on any atom is -0.338 e. The van der Waals surface area contributed by atoms with Crippen molar-refractivity contribution >= 4 is 12.1 Å². The van der Waals surface area contributed by atoms with Gasteiger partial charge in [0.1, 0.15) is 5.82 Å². The summed E-state index contributed by atoms with van der Waals surface area (Å²) in [4.78, 5) is 28.2. The lowest BCUT2D eigenvalue weighted by Gasteiger charge is -2.32. The molecule has 0 spiro atoms. The predicted octanol–water partition coefficient (Wildman–Crippen LogP) is 1.89. The molecule has 2 fully saturated rings. The molecule has 2 saturated heterocycles. The van der Waals surface area contributed by atoms with Crippen molar-refractivity contribution in [3.8, 4) is 0 Å². The van der Waals surface area contributed by atoms with Crippen LogP contribution in [0.1, 0.15) is 31.7 Å². The number of hydrogen-bond donors (Lipinski definition) is 3. The normalized spacial score (nSPS) is 20.8. The number of likely N-dealkylation sites (tertiary alicyclic amines) is 2. The summed E-state index contributed by atoms with van der Waals surface area (Å²) in [5, 5.41) is 8.84. The molecule has 0 aliphatic carbocycles. The number of carbonyl (C=O) groups excluding carboxylic acids is 2. The molecule has 2 aliphatic heterocycles. The Morgan fingerprint density at radius 3 is 2.36 bits per heavy atom. The highest BCUT2D eigenvalue weighted by Crippen LogP contribution is 2.15. The maximum atomic E-state index is 13.0. The Labute approximate surface area is 165 Å². The number of hydrogen-bond acceptors (Lipinski definition) is 3. The zero-order valence-electron chi connectivity index (χ0n) is 16.4. The Morgan fingerprint density at radius 1 is 1.04 bits per heavy atom. The first-order valence-corrected chi connectivity index (χ1v) is 10.1. The number of urea groups is 2. The first kappa shape index (κ1) is 20.4. The molecule has 2 heterocycles. The lowest BCUT2D eigenvalue weighted by atomic mass is 10.0. The molecule has 1 aromatic rings. The number of halogens is 1. The summed E-state index contributed by atoms with van der Waals surface area (Å²) in [6, 6.07) is 6.55. The fraction of sp³-hybridized carbons (Fsp3) is 0.600. The van der Waals surface area contributed by atoms with Crippen molar-refractivity contribution in [2.24, 2.45) is 0 Å². The van der Waals surface area contributed by atoms with Gasteiger partial charge in [0.05, 0.1) is 0 Å². The molecule has 8 heteroatoms. The molecule has 3 N–H and O–H groups in total. The van der Waals surface area contributed by atoms with Gasteiger partial charge >= 0.3 is 12.1 Å². The fourth-order valence-electron chi connectivity index (χ4n) is 3.82. The van der Waals surface area contributed by atoms with Crippen LogP contribution in [-0.2, 0) is 6.54 Å². The largest absolute Gasteiger partial charge is 0.338 e. The summed E-state index contributed by atoms with van der Waals surface area (Å²) >= 11 is 0. The van der Waals surface area contributed by atoms with E-state index in [1.807, 2.05) is 19.1 Å². The molecule has 4 amide bonds. The topological polar surface area (TPSA) is 76.7 Å². The highest BCUT2D eigenvalue weighted by atomic mass is 19.1. The van der Waals surface area contributed by atoms with Crippen LogP contribution in [-0.4, -0.2) is 66.7 Å². The standard InChI is InChI=1S/C20H30FN5O2/c1-2-22-20(28)26-12-9-18(14-26)24-19(27)23-17-7-10-25(11-8-17)13-15-3-5-16(21)6-4-15/h3-6,17-18H,2,7-14H2,1H3,(H,22,28)(H2,23,24,27). The van der Waals surface area contributed by atoms with Gasteiger partial charge in [-0.05, 0) is 43.9 Å². The van der Waals surface area contributed by atoms with E-state index in [1.54, 1.807) is 4.90 Å². The Morgan fingerprint density at radius 2 is 1.68 bits per heavy atom. The van der Waals surface area contributed by atoms with Crippen LogP contribution >= 0.6 is 0 Å². The van der Waals surface area contributed by atoms with Crippen LogP contribution in [0.25, 0.3) is 0 Å².